The SMILES string of the molecule is CCCN(C(=O)CNC(=O)COc1ccccc1)C1CCNC1.Cl. The fourth-order valence-electron chi connectivity index (χ4n) is 2.65. The molecule has 1 saturated heterocycles. The number of hydrogen-bond donors (Lipinski definition) is 2. The van der Waals surface area contributed by atoms with Crippen molar-refractivity contribution in [3.8, 4) is 5.75 Å². The highest BCUT2D eigenvalue weighted by Gasteiger charge is 2.25. The highest BCUT2D eigenvalue weighted by atomic mass is 35.5. The van der Waals surface area contributed by atoms with E-state index in [1.165, 1.54) is 0 Å². The number of amides is 2. The third-order valence-electron chi connectivity index (χ3n) is 3.81. The molecule has 6 nitrogen and oxygen atoms in total. The topological polar surface area (TPSA) is 70.7 Å². The Morgan fingerprint density at radius 3 is 2.71 bits per heavy atom. The molecule has 24 heavy (non-hydrogen) atoms. The summed E-state index contributed by atoms with van der Waals surface area (Å²) >= 11 is 0. The lowest BCUT2D eigenvalue weighted by Crippen LogP contribution is -2.47. The number of benzene rings is 1. The van der Waals surface area contributed by atoms with Gasteiger partial charge in [0.25, 0.3) is 5.91 Å². The average Bonchev–Trinajstić information content (AvgIpc) is 3.10. The molecule has 1 fully saturated rings. The van der Waals surface area contributed by atoms with Crippen LogP contribution in [0.5, 0.6) is 5.75 Å². The number of carbonyl (C=O) groups is 2. The van der Waals surface area contributed by atoms with E-state index in [-0.39, 0.29) is 43.4 Å². The van der Waals surface area contributed by atoms with Gasteiger partial charge < -0.3 is 20.3 Å². The molecule has 1 atom stereocenters. The zero-order valence-corrected chi connectivity index (χ0v) is 14.8. The first-order valence-electron chi connectivity index (χ1n) is 8.15. The van der Waals surface area contributed by atoms with Gasteiger partial charge in [0, 0.05) is 19.1 Å². The fraction of sp³-hybridized carbons (Fsp3) is 0.529. The Balaban J connectivity index is 0.00000288. The van der Waals surface area contributed by atoms with Crippen LogP contribution in [0.1, 0.15) is 19.8 Å². The van der Waals surface area contributed by atoms with Gasteiger partial charge in [0.05, 0.1) is 6.54 Å². The third kappa shape index (κ3) is 6.37. The first-order chi connectivity index (χ1) is 11.2. The number of carbonyl (C=O) groups excluding carboxylic acids is 2. The molecule has 0 bridgehead atoms. The Hall–Kier alpha value is -1.79. The van der Waals surface area contributed by atoms with Crippen LogP contribution in [0.2, 0.25) is 0 Å². The van der Waals surface area contributed by atoms with Gasteiger partial charge in [0.15, 0.2) is 6.61 Å². The van der Waals surface area contributed by atoms with Crippen LogP contribution in [-0.2, 0) is 9.59 Å². The van der Waals surface area contributed by atoms with Gasteiger partial charge in [-0.15, -0.1) is 12.4 Å². The highest BCUT2D eigenvalue weighted by Crippen LogP contribution is 2.10. The molecule has 0 saturated carbocycles. The van der Waals surface area contributed by atoms with Crippen molar-refractivity contribution in [1.29, 1.82) is 0 Å². The molecule has 0 aliphatic carbocycles. The van der Waals surface area contributed by atoms with Crippen LogP contribution < -0.4 is 15.4 Å². The molecule has 2 amide bonds. The molecule has 1 aliphatic rings. The first kappa shape index (κ1) is 20.3. The molecule has 1 heterocycles. The van der Waals surface area contributed by atoms with Crippen molar-refractivity contribution in [2.24, 2.45) is 0 Å². The summed E-state index contributed by atoms with van der Waals surface area (Å²) in [5.74, 6) is 0.315. The molecular weight excluding hydrogens is 330 g/mol. The lowest BCUT2D eigenvalue weighted by molar-refractivity contribution is -0.135. The van der Waals surface area contributed by atoms with Gasteiger partial charge in [0.1, 0.15) is 5.75 Å². The Labute approximate surface area is 149 Å². The monoisotopic (exact) mass is 355 g/mol. The van der Waals surface area contributed by atoms with E-state index in [0.717, 1.165) is 32.5 Å². The maximum Gasteiger partial charge on any atom is 0.258 e. The van der Waals surface area contributed by atoms with E-state index in [1.807, 2.05) is 23.1 Å². The second-order valence-electron chi connectivity index (χ2n) is 5.61. The third-order valence-corrected chi connectivity index (χ3v) is 3.81. The molecule has 134 valence electrons. The smallest absolute Gasteiger partial charge is 0.258 e. The van der Waals surface area contributed by atoms with Crippen molar-refractivity contribution in [2.75, 3.05) is 32.8 Å². The second-order valence-corrected chi connectivity index (χ2v) is 5.61. The molecule has 1 unspecified atom stereocenters. The Bertz CT molecular complexity index is 507. The summed E-state index contributed by atoms with van der Waals surface area (Å²) in [6, 6.07) is 9.37. The maximum absolute atomic E-state index is 12.3. The van der Waals surface area contributed by atoms with Crippen LogP contribution in [0.25, 0.3) is 0 Å². The van der Waals surface area contributed by atoms with Crippen LogP contribution in [-0.4, -0.2) is 55.5 Å². The molecule has 2 N–H and O–H groups in total. The van der Waals surface area contributed by atoms with E-state index in [0.29, 0.717) is 5.75 Å². The van der Waals surface area contributed by atoms with E-state index >= 15 is 0 Å². The summed E-state index contributed by atoms with van der Waals surface area (Å²) in [6.07, 6.45) is 1.88. The number of nitrogens with one attached hydrogen (secondary N) is 2. The average molecular weight is 356 g/mol. The van der Waals surface area contributed by atoms with Gasteiger partial charge in [-0.05, 0) is 31.5 Å². The molecule has 1 aromatic carbocycles. The van der Waals surface area contributed by atoms with Crippen LogP contribution in [0.3, 0.4) is 0 Å². The fourth-order valence-corrected chi connectivity index (χ4v) is 2.65. The van der Waals surface area contributed by atoms with Gasteiger partial charge in [-0.25, -0.2) is 0 Å². The van der Waals surface area contributed by atoms with Crippen LogP contribution >= 0.6 is 12.4 Å². The molecule has 0 aromatic heterocycles. The predicted molar refractivity (Wildman–Crippen MR) is 95.5 cm³/mol. The van der Waals surface area contributed by atoms with Crippen molar-refractivity contribution in [2.45, 2.75) is 25.8 Å². The highest BCUT2D eigenvalue weighted by molar-refractivity contribution is 5.86. The summed E-state index contributed by atoms with van der Waals surface area (Å²) in [5, 5.41) is 5.91. The Kier molecular flexibility index (Phi) is 9.19. The van der Waals surface area contributed by atoms with E-state index < -0.39 is 0 Å². The first-order valence-corrected chi connectivity index (χ1v) is 8.15. The molecule has 0 radical (unpaired) electrons. The molecule has 7 heteroatoms. The normalized spacial score (nSPS) is 16.1. The predicted octanol–water partition coefficient (Wildman–Crippen LogP) is 1.20. The quantitative estimate of drug-likeness (QED) is 0.735. The zero-order chi connectivity index (χ0) is 16.5. The molecule has 1 aliphatic heterocycles. The molecular formula is C17H26ClN3O3. The number of rotatable bonds is 8. The van der Waals surface area contributed by atoms with Crippen LogP contribution in [0.4, 0.5) is 0 Å². The van der Waals surface area contributed by atoms with Gasteiger partial charge in [-0.2, -0.15) is 0 Å². The molecule has 1 aromatic rings. The van der Waals surface area contributed by atoms with E-state index in [1.54, 1.807) is 12.1 Å². The van der Waals surface area contributed by atoms with Crippen molar-refractivity contribution >= 4 is 24.2 Å². The number of halogens is 1. The lowest BCUT2D eigenvalue weighted by atomic mass is 10.2. The van der Waals surface area contributed by atoms with Crippen molar-refractivity contribution < 1.29 is 14.3 Å². The summed E-state index contributed by atoms with van der Waals surface area (Å²) in [6.45, 7) is 4.48. The van der Waals surface area contributed by atoms with Gasteiger partial charge in [0.2, 0.25) is 5.91 Å². The van der Waals surface area contributed by atoms with E-state index in [9.17, 15) is 9.59 Å². The minimum Gasteiger partial charge on any atom is -0.484 e. The number of para-hydroxylation sites is 1. The van der Waals surface area contributed by atoms with Crippen molar-refractivity contribution in [3.63, 3.8) is 0 Å². The lowest BCUT2D eigenvalue weighted by Gasteiger charge is -2.28. The van der Waals surface area contributed by atoms with Crippen molar-refractivity contribution in [3.05, 3.63) is 30.3 Å². The van der Waals surface area contributed by atoms with Gasteiger partial charge in [-0.3, -0.25) is 9.59 Å². The summed E-state index contributed by atoms with van der Waals surface area (Å²) in [4.78, 5) is 26.0. The van der Waals surface area contributed by atoms with E-state index in [2.05, 4.69) is 17.6 Å². The minimum atomic E-state index is -0.289. The Morgan fingerprint density at radius 2 is 2.08 bits per heavy atom. The van der Waals surface area contributed by atoms with Crippen LogP contribution in [0.15, 0.2) is 30.3 Å². The summed E-state index contributed by atoms with van der Waals surface area (Å²) in [5.41, 5.74) is 0. The number of ether oxygens (including phenoxy) is 1. The summed E-state index contributed by atoms with van der Waals surface area (Å²) in [7, 11) is 0. The standard InChI is InChI=1S/C17H25N3O3.ClH/c1-2-10-20(14-8-9-18-11-14)17(22)12-19-16(21)13-23-15-6-4-3-5-7-15;/h3-7,14,18H,2,8-13H2,1H3,(H,19,21);1H. The van der Waals surface area contributed by atoms with Crippen molar-refractivity contribution in [1.82, 2.24) is 15.5 Å². The molecule has 0 spiro atoms. The summed E-state index contributed by atoms with van der Waals surface area (Å²) < 4.78 is 5.36. The van der Waals surface area contributed by atoms with Crippen LogP contribution in [0, 0.1) is 0 Å². The second kappa shape index (κ2) is 10.9. The Morgan fingerprint density at radius 1 is 1.33 bits per heavy atom. The maximum atomic E-state index is 12.3. The largest absolute Gasteiger partial charge is 0.484 e. The van der Waals surface area contributed by atoms with E-state index in [4.69, 9.17) is 4.74 Å². The van der Waals surface area contributed by atoms with Gasteiger partial charge >= 0.3 is 0 Å². The van der Waals surface area contributed by atoms with Gasteiger partial charge in [-0.1, -0.05) is 25.1 Å². The number of nitrogens with zero attached hydrogens (tertiary/aromatic N) is 1. The molecule has 2 rings (SSSR count). The minimum absolute atomic E-state index is 0. The zero-order valence-electron chi connectivity index (χ0n) is 14.0. The number of hydrogen-bond acceptors (Lipinski definition) is 4.